The van der Waals surface area contributed by atoms with Gasteiger partial charge in [0.15, 0.2) is 0 Å². The number of rotatable bonds is 10. The van der Waals surface area contributed by atoms with Crippen molar-refractivity contribution in [3.05, 3.63) is 100 Å². The van der Waals surface area contributed by atoms with Gasteiger partial charge in [-0.25, -0.2) is 18.4 Å². The number of carboxylic acids is 1. The van der Waals surface area contributed by atoms with E-state index in [1.807, 2.05) is 31.2 Å². The number of nitrogens with zero attached hydrogens (tertiary/aromatic N) is 1. The normalized spacial score (nSPS) is 13.5. The third-order valence-electron chi connectivity index (χ3n) is 6.21. The average Bonchev–Trinajstić information content (AvgIpc) is 3.20. The van der Waals surface area contributed by atoms with Crippen LogP contribution in [0.4, 0.5) is 0 Å². The lowest BCUT2D eigenvalue weighted by Gasteiger charge is -2.18. The van der Waals surface area contributed by atoms with E-state index in [9.17, 15) is 23.4 Å². The molecule has 8 nitrogen and oxygen atoms in total. The van der Waals surface area contributed by atoms with Crippen molar-refractivity contribution < 1.29 is 23.4 Å². The van der Waals surface area contributed by atoms with E-state index < -0.39 is 22.1 Å². The molecule has 37 heavy (non-hydrogen) atoms. The Bertz CT molecular complexity index is 1530. The Balaban J connectivity index is 1.49. The van der Waals surface area contributed by atoms with E-state index in [1.54, 1.807) is 41.0 Å². The fourth-order valence-electron chi connectivity index (χ4n) is 4.33. The smallest absolute Gasteiger partial charge is 0.352 e. The first-order valence-electron chi connectivity index (χ1n) is 11.7. The number of aliphatic hydroxyl groups is 1. The predicted octanol–water partition coefficient (Wildman–Crippen LogP) is 3.94. The van der Waals surface area contributed by atoms with Crippen molar-refractivity contribution in [1.82, 2.24) is 9.88 Å². The van der Waals surface area contributed by atoms with Crippen LogP contribution in [0.5, 0.6) is 0 Å². The van der Waals surface area contributed by atoms with Gasteiger partial charge in [-0.3, -0.25) is 0 Å². The third kappa shape index (κ3) is 6.57. The van der Waals surface area contributed by atoms with Gasteiger partial charge in [0.05, 0.1) is 11.0 Å². The van der Waals surface area contributed by atoms with Crippen LogP contribution in [0.25, 0.3) is 10.9 Å². The SMILES string of the molecule is CC(Cc1ccc2c(c1)cc(C(=O)O)n2Cc1ccc(S(N)(=O)=O)cc1)NCC(O)c1cccc(Cl)c1. The highest BCUT2D eigenvalue weighted by atomic mass is 35.5. The summed E-state index contributed by atoms with van der Waals surface area (Å²) in [6, 6.07) is 20.7. The summed E-state index contributed by atoms with van der Waals surface area (Å²) in [6.45, 7) is 2.65. The summed E-state index contributed by atoms with van der Waals surface area (Å²) >= 11 is 6.01. The molecule has 0 fully saturated rings. The number of halogens is 1. The highest BCUT2D eigenvalue weighted by Crippen LogP contribution is 2.24. The fourth-order valence-corrected chi connectivity index (χ4v) is 5.05. The Morgan fingerprint density at radius 2 is 1.76 bits per heavy atom. The van der Waals surface area contributed by atoms with E-state index in [0.29, 0.717) is 18.0 Å². The van der Waals surface area contributed by atoms with Gasteiger partial charge in [0.25, 0.3) is 0 Å². The van der Waals surface area contributed by atoms with Crippen LogP contribution in [0.15, 0.2) is 77.7 Å². The van der Waals surface area contributed by atoms with E-state index in [-0.39, 0.29) is 23.2 Å². The van der Waals surface area contributed by atoms with E-state index in [4.69, 9.17) is 16.7 Å². The standard InChI is InChI=1S/C27H28ClN3O5S/c1-17(30-15-26(32)20-3-2-4-22(28)13-20)11-19-7-10-24-21(12-19)14-25(27(33)34)31(24)16-18-5-8-23(9-6-18)37(29,35)36/h2-10,12-14,17,26,30,32H,11,15-16H2,1H3,(H,33,34)(H2,29,35,36). The van der Waals surface area contributed by atoms with Crippen molar-refractivity contribution in [2.24, 2.45) is 5.14 Å². The number of nitrogens with one attached hydrogen (secondary N) is 1. The Morgan fingerprint density at radius 1 is 1.05 bits per heavy atom. The van der Waals surface area contributed by atoms with Crippen molar-refractivity contribution in [3.8, 4) is 0 Å². The molecular weight excluding hydrogens is 514 g/mol. The van der Waals surface area contributed by atoms with E-state index in [1.165, 1.54) is 12.1 Å². The molecular formula is C27H28ClN3O5S. The van der Waals surface area contributed by atoms with Gasteiger partial charge in [0, 0.05) is 35.1 Å². The molecule has 0 aliphatic carbocycles. The maximum atomic E-state index is 12.0. The van der Waals surface area contributed by atoms with Gasteiger partial charge < -0.3 is 20.1 Å². The van der Waals surface area contributed by atoms with Gasteiger partial charge in [-0.05, 0) is 72.5 Å². The van der Waals surface area contributed by atoms with Gasteiger partial charge >= 0.3 is 5.97 Å². The summed E-state index contributed by atoms with van der Waals surface area (Å²) in [5.41, 5.74) is 3.41. The molecule has 2 unspecified atom stereocenters. The van der Waals surface area contributed by atoms with Crippen LogP contribution >= 0.6 is 11.6 Å². The molecule has 1 aromatic heterocycles. The zero-order valence-corrected chi connectivity index (χ0v) is 21.7. The van der Waals surface area contributed by atoms with Gasteiger partial charge in [0.2, 0.25) is 10.0 Å². The molecule has 0 aliphatic heterocycles. The molecule has 0 spiro atoms. The number of aromatic carboxylic acids is 1. The summed E-state index contributed by atoms with van der Waals surface area (Å²) in [5, 5.41) is 30.1. The topological polar surface area (TPSA) is 135 Å². The number of aromatic nitrogens is 1. The minimum Gasteiger partial charge on any atom is -0.477 e. The summed E-state index contributed by atoms with van der Waals surface area (Å²) in [4.78, 5) is 12.0. The maximum absolute atomic E-state index is 12.0. The molecule has 0 saturated carbocycles. The number of aliphatic hydroxyl groups excluding tert-OH is 1. The summed E-state index contributed by atoms with van der Waals surface area (Å²) < 4.78 is 24.7. The molecule has 4 aromatic rings. The Labute approximate surface area is 220 Å². The highest BCUT2D eigenvalue weighted by Gasteiger charge is 2.17. The van der Waals surface area contributed by atoms with Crippen LogP contribution in [-0.4, -0.2) is 41.8 Å². The fraction of sp³-hybridized carbons (Fsp3) is 0.222. The average molecular weight is 542 g/mol. The molecule has 5 N–H and O–H groups in total. The second kappa shape index (κ2) is 11.0. The van der Waals surface area contributed by atoms with Crippen molar-refractivity contribution in [2.45, 2.75) is 36.9 Å². The van der Waals surface area contributed by atoms with Crippen LogP contribution in [0.2, 0.25) is 5.02 Å². The van der Waals surface area contributed by atoms with Crippen LogP contribution in [0, 0.1) is 0 Å². The quantitative estimate of drug-likeness (QED) is 0.240. The van der Waals surface area contributed by atoms with Gasteiger partial charge in [-0.1, -0.05) is 41.9 Å². The lowest BCUT2D eigenvalue weighted by Crippen LogP contribution is -2.32. The first-order valence-corrected chi connectivity index (χ1v) is 13.6. The monoisotopic (exact) mass is 541 g/mol. The molecule has 3 aromatic carbocycles. The highest BCUT2D eigenvalue weighted by molar-refractivity contribution is 7.89. The summed E-state index contributed by atoms with van der Waals surface area (Å²) in [7, 11) is -3.80. The van der Waals surface area contributed by atoms with Crippen LogP contribution in [-0.2, 0) is 23.0 Å². The zero-order chi connectivity index (χ0) is 26.7. The molecule has 0 bridgehead atoms. The lowest BCUT2D eigenvalue weighted by atomic mass is 10.0. The number of fused-ring (bicyclic) bond motifs is 1. The number of hydrogen-bond acceptors (Lipinski definition) is 5. The first kappa shape index (κ1) is 26.8. The molecule has 0 saturated heterocycles. The zero-order valence-electron chi connectivity index (χ0n) is 20.1. The summed E-state index contributed by atoms with van der Waals surface area (Å²) in [6.07, 6.45) is -0.00399. The Kier molecular flexibility index (Phi) is 8.01. The first-order chi connectivity index (χ1) is 17.5. The van der Waals surface area contributed by atoms with Crippen molar-refractivity contribution in [3.63, 3.8) is 0 Å². The molecule has 10 heteroatoms. The molecule has 0 aliphatic rings. The number of carbonyl (C=O) groups is 1. The molecule has 0 amide bonds. The Hall–Kier alpha value is -3.21. The van der Waals surface area contributed by atoms with Gasteiger partial charge in [-0.15, -0.1) is 0 Å². The van der Waals surface area contributed by atoms with E-state index in [2.05, 4.69) is 5.32 Å². The summed E-state index contributed by atoms with van der Waals surface area (Å²) in [5.74, 6) is -1.05. The molecule has 194 valence electrons. The van der Waals surface area contributed by atoms with E-state index >= 15 is 0 Å². The van der Waals surface area contributed by atoms with Crippen molar-refractivity contribution >= 4 is 38.5 Å². The molecule has 4 rings (SSSR count). The van der Waals surface area contributed by atoms with Crippen LogP contribution < -0.4 is 10.5 Å². The van der Waals surface area contributed by atoms with Crippen molar-refractivity contribution in [1.29, 1.82) is 0 Å². The van der Waals surface area contributed by atoms with Gasteiger partial charge in [0.1, 0.15) is 5.69 Å². The number of hydrogen-bond donors (Lipinski definition) is 4. The number of primary sulfonamides is 1. The van der Waals surface area contributed by atoms with Crippen LogP contribution in [0.1, 0.15) is 40.2 Å². The lowest BCUT2D eigenvalue weighted by molar-refractivity contribution is 0.0686. The predicted molar refractivity (Wildman–Crippen MR) is 143 cm³/mol. The number of sulfonamides is 1. The van der Waals surface area contributed by atoms with Crippen LogP contribution in [0.3, 0.4) is 0 Å². The molecule has 0 radical (unpaired) electrons. The minimum absolute atomic E-state index is 0.000436. The van der Waals surface area contributed by atoms with E-state index in [0.717, 1.165) is 27.6 Å². The number of nitrogens with two attached hydrogens (primary N) is 1. The second-order valence-electron chi connectivity index (χ2n) is 9.09. The molecule has 1 heterocycles. The second-order valence-corrected chi connectivity index (χ2v) is 11.1. The Morgan fingerprint density at radius 3 is 2.41 bits per heavy atom. The largest absolute Gasteiger partial charge is 0.477 e. The third-order valence-corrected chi connectivity index (χ3v) is 7.38. The van der Waals surface area contributed by atoms with Crippen molar-refractivity contribution in [2.75, 3.05) is 6.54 Å². The molecule has 2 atom stereocenters. The maximum Gasteiger partial charge on any atom is 0.352 e. The minimum atomic E-state index is -3.80. The number of benzene rings is 3. The number of carboxylic acid groups (broad SMARTS) is 1. The van der Waals surface area contributed by atoms with Gasteiger partial charge in [-0.2, -0.15) is 0 Å².